The minimum atomic E-state index is -2.41. The molecule has 0 spiro atoms. The lowest BCUT2D eigenvalue weighted by atomic mass is 9.69. The predicted octanol–water partition coefficient (Wildman–Crippen LogP) is 3.60. The van der Waals surface area contributed by atoms with Crippen LogP contribution in [0.5, 0.6) is 0 Å². The Hall–Kier alpha value is -0.910. The van der Waals surface area contributed by atoms with Gasteiger partial charge in [0.2, 0.25) is 0 Å². The van der Waals surface area contributed by atoms with Crippen LogP contribution in [0.1, 0.15) is 12.8 Å². The van der Waals surface area contributed by atoms with E-state index in [1.165, 1.54) is 0 Å². The molecule has 0 saturated carbocycles. The lowest BCUT2D eigenvalue weighted by Crippen LogP contribution is -2.51. The fourth-order valence-corrected chi connectivity index (χ4v) is 3.59. The Labute approximate surface area is 107 Å². The molecule has 4 aliphatic rings. The van der Waals surface area contributed by atoms with Crippen LogP contribution < -0.4 is 0 Å². The number of alkyl halides is 1. The highest BCUT2D eigenvalue weighted by Gasteiger charge is 2.49. The van der Waals surface area contributed by atoms with Gasteiger partial charge in [-0.25, -0.2) is 22.0 Å². The summed E-state index contributed by atoms with van der Waals surface area (Å²) in [7, 11) is 0. The second-order valence-electron chi connectivity index (χ2n) is 5.55. The molecule has 3 fully saturated rings. The topological polar surface area (TPSA) is 3.24 Å². The first kappa shape index (κ1) is 13.1. The van der Waals surface area contributed by atoms with E-state index in [9.17, 15) is 22.0 Å². The molecule has 3 atom stereocenters. The molecule has 3 saturated heterocycles. The summed E-state index contributed by atoms with van der Waals surface area (Å²) >= 11 is 0. The number of rotatable bonds is 1. The van der Waals surface area contributed by atoms with Crippen LogP contribution in [0.4, 0.5) is 22.0 Å². The van der Waals surface area contributed by atoms with Crippen molar-refractivity contribution in [3.05, 3.63) is 23.3 Å². The van der Waals surface area contributed by atoms with Crippen molar-refractivity contribution < 1.29 is 22.0 Å². The highest BCUT2D eigenvalue weighted by molar-refractivity contribution is 5.34. The minimum Gasteiger partial charge on any atom is -0.303 e. The average Bonchev–Trinajstić information content (AvgIpc) is 2.45. The minimum absolute atomic E-state index is 0.0563. The van der Waals surface area contributed by atoms with Gasteiger partial charge in [-0.05, 0) is 37.8 Å². The number of hydrogen-bond acceptors (Lipinski definition) is 1. The Kier molecular flexibility index (Phi) is 3.15. The molecule has 0 aromatic rings. The van der Waals surface area contributed by atoms with E-state index in [1.807, 2.05) is 4.90 Å². The summed E-state index contributed by atoms with van der Waals surface area (Å²) in [6.45, 7) is 2.13. The first-order valence-electron chi connectivity index (χ1n) is 6.47. The van der Waals surface area contributed by atoms with Crippen molar-refractivity contribution in [2.45, 2.75) is 19.0 Å². The summed E-state index contributed by atoms with van der Waals surface area (Å²) in [5.74, 6) is -9.11. The van der Waals surface area contributed by atoms with Gasteiger partial charge in [-0.15, -0.1) is 0 Å². The maximum absolute atomic E-state index is 13.9. The quantitative estimate of drug-likeness (QED) is 0.663. The van der Waals surface area contributed by atoms with Crippen LogP contribution >= 0.6 is 0 Å². The van der Waals surface area contributed by atoms with Crippen LogP contribution in [0.15, 0.2) is 23.3 Å². The van der Waals surface area contributed by atoms with Gasteiger partial charge in [0.15, 0.2) is 23.7 Å². The Morgan fingerprint density at radius 3 is 2.00 bits per heavy atom. The predicted molar refractivity (Wildman–Crippen MR) is 59.5 cm³/mol. The zero-order chi connectivity index (χ0) is 13.7. The van der Waals surface area contributed by atoms with Crippen LogP contribution in [0.3, 0.4) is 0 Å². The van der Waals surface area contributed by atoms with E-state index in [0.717, 1.165) is 25.9 Å². The van der Waals surface area contributed by atoms with E-state index in [2.05, 4.69) is 0 Å². The third-order valence-corrected chi connectivity index (χ3v) is 4.63. The molecule has 2 bridgehead atoms. The second-order valence-corrected chi connectivity index (χ2v) is 5.55. The Balaban J connectivity index is 1.93. The highest BCUT2D eigenvalue weighted by Crippen LogP contribution is 2.48. The van der Waals surface area contributed by atoms with E-state index in [1.54, 1.807) is 0 Å². The second kappa shape index (κ2) is 4.58. The first-order chi connectivity index (χ1) is 9.00. The molecule has 0 radical (unpaired) electrons. The highest BCUT2D eigenvalue weighted by atomic mass is 19.2. The molecule has 6 heteroatoms. The van der Waals surface area contributed by atoms with Gasteiger partial charge in [0.05, 0.1) is 5.92 Å². The van der Waals surface area contributed by atoms with Gasteiger partial charge in [0, 0.05) is 6.54 Å². The summed E-state index contributed by atoms with van der Waals surface area (Å²) in [5, 5.41) is 0. The lowest BCUT2D eigenvalue weighted by Gasteiger charge is -2.48. The van der Waals surface area contributed by atoms with E-state index in [-0.39, 0.29) is 5.92 Å². The Bertz CT molecular complexity index is 450. The fraction of sp³-hybridized carbons (Fsp3) is 0.692. The fourth-order valence-electron chi connectivity index (χ4n) is 3.59. The molecule has 1 aliphatic carbocycles. The van der Waals surface area contributed by atoms with Gasteiger partial charge in [-0.2, -0.15) is 0 Å². The molecule has 2 unspecified atom stereocenters. The molecular formula is C13H14F5N. The SMILES string of the molecule is FC1=C(F)C(F)C([C@H]2CN3CCC2CC3)C(F)=C1F. The van der Waals surface area contributed by atoms with Crippen LogP contribution in [-0.2, 0) is 0 Å². The van der Waals surface area contributed by atoms with Crippen LogP contribution in [-0.4, -0.2) is 30.7 Å². The van der Waals surface area contributed by atoms with Crippen molar-refractivity contribution in [2.24, 2.45) is 17.8 Å². The Morgan fingerprint density at radius 1 is 0.895 bits per heavy atom. The molecule has 19 heavy (non-hydrogen) atoms. The molecule has 1 nitrogen and oxygen atoms in total. The van der Waals surface area contributed by atoms with Crippen LogP contribution in [0.25, 0.3) is 0 Å². The smallest absolute Gasteiger partial charge is 0.195 e. The molecule has 0 amide bonds. The van der Waals surface area contributed by atoms with Crippen molar-refractivity contribution in [2.75, 3.05) is 19.6 Å². The van der Waals surface area contributed by atoms with E-state index < -0.39 is 41.3 Å². The maximum atomic E-state index is 13.9. The van der Waals surface area contributed by atoms with Crippen LogP contribution in [0, 0.1) is 17.8 Å². The van der Waals surface area contributed by atoms with E-state index >= 15 is 0 Å². The average molecular weight is 279 g/mol. The van der Waals surface area contributed by atoms with E-state index in [0.29, 0.717) is 6.54 Å². The molecule has 3 heterocycles. The van der Waals surface area contributed by atoms with Gasteiger partial charge in [-0.3, -0.25) is 0 Å². The number of piperidine rings is 3. The first-order valence-corrected chi connectivity index (χ1v) is 6.47. The molecule has 0 N–H and O–H groups in total. The number of halogens is 5. The van der Waals surface area contributed by atoms with Crippen molar-refractivity contribution in [1.82, 2.24) is 4.90 Å². The monoisotopic (exact) mass is 279 g/mol. The van der Waals surface area contributed by atoms with Crippen molar-refractivity contribution in [1.29, 1.82) is 0 Å². The normalized spacial score (nSPS) is 43.1. The van der Waals surface area contributed by atoms with Crippen LogP contribution in [0.2, 0.25) is 0 Å². The van der Waals surface area contributed by atoms with Crippen molar-refractivity contribution in [3.8, 4) is 0 Å². The lowest BCUT2D eigenvalue weighted by molar-refractivity contribution is -0.000356. The summed E-state index contributed by atoms with van der Waals surface area (Å²) in [5.41, 5.74) is 0. The van der Waals surface area contributed by atoms with Gasteiger partial charge in [0.25, 0.3) is 0 Å². The zero-order valence-corrected chi connectivity index (χ0v) is 10.2. The van der Waals surface area contributed by atoms with Crippen molar-refractivity contribution >= 4 is 0 Å². The van der Waals surface area contributed by atoms with Gasteiger partial charge in [0.1, 0.15) is 5.83 Å². The molecular weight excluding hydrogens is 265 g/mol. The Morgan fingerprint density at radius 2 is 1.47 bits per heavy atom. The molecule has 106 valence electrons. The summed E-state index contributed by atoms with van der Waals surface area (Å²) in [6, 6.07) is 0. The summed E-state index contributed by atoms with van der Waals surface area (Å²) in [4.78, 5) is 2.04. The van der Waals surface area contributed by atoms with Gasteiger partial charge < -0.3 is 4.90 Å². The number of hydrogen-bond donors (Lipinski definition) is 0. The summed E-state index contributed by atoms with van der Waals surface area (Å²) in [6.07, 6.45) is -0.863. The molecule has 4 rings (SSSR count). The molecule has 3 aliphatic heterocycles. The zero-order valence-electron chi connectivity index (χ0n) is 10.2. The maximum Gasteiger partial charge on any atom is 0.195 e. The third-order valence-electron chi connectivity index (χ3n) is 4.63. The molecule has 0 aromatic carbocycles. The number of allylic oxidation sites excluding steroid dienone is 4. The summed E-state index contributed by atoms with van der Waals surface area (Å²) < 4.78 is 67.3. The van der Waals surface area contributed by atoms with Crippen molar-refractivity contribution in [3.63, 3.8) is 0 Å². The standard InChI is InChI=1S/C13H14F5N/c14-9-8(10(15)12(17)13(18)11(9)16)7-5-19-3-1-6(7)2-4-19/h6-9H,1-5H2/t7-,8?,9?/m0/s1. The van der Waals surface area contributed by atoms with E-state index in [4.69, 9.17) is 0 Å². The van der Waals surface area contributed by atoms with Gasteiger partial charge >= 0.3 is 0 Å². The number of nitrogens with zero attached hydrogens (tertiary/aromatic N) is 1. The number of fused-ring (bicyclic) bond motifs is 3. The third kappa shape index (κ3) is 1.91. The largest absolute Gasteiger partial charge is 0.303 e. The van der Waals surface area contributed by atoms with Gasteiger partial charge in [-0.1, -0.05) is 0 Å². The molecule has 0 aromatic heterocycles.